The van der Waals surface area contributed by atoms with Crippen molar-refractivity contribution in [3.63, 3.8) is 0 Å². The summed E-state index contributed by atoms with van der Waals surface area (Å²) in [6.07, 6.45) is 1.95. The van der Waals surface area contributed by atoms with Gasteiger partial charge in [-0.25, -0.2) is 4.79 Å². The summed E-state index contributed by atoms with van der Waals surface area (Å²) < 4.78 is 5.35. The molecule has 0 radical (unpaired) electrons. The average molecular weight is 356 g/mol. The van der Waals surface area contributed by atoms with E-state index in [0.717, 1.165) is 22.1 Å². The molecule has 25 heavy (non-hydrogen) atoms. The number of esters is 1. The predicted molar refractivity (Wildman–Crippen MR) is 100 cm³/mol. The molecule has 0 saturated carbocycles. The first-order valence-electron chi connectivity index (χ1n) is 8.00. The van der Waals surface area contributed by atoms with Gasteiger partial charge in [-0.3, -0.25) is 4.79 Å². The normalized spacial score (nSPS) is 20.0. The average Bonchev–Trinajstić information content (AvgIpc) is 2.60. The van der Waals surface area contributed by atoms with E-state index < -0.39 is 12.0 Å². The SMILES string of the molecule is C=C1NC(=O)N[C@H](c2ccc3ccccc3c2)[C@H]1C(=O)OCCSC. The Morgan fingerprint density at radius 2 is 2.00 bits per heavy atom. The number of carbonyl (C=O) groups is 2. The molecule has 2 aromatic carbocycles. The fourth-order valence-corrected chi connectivity index (χ4v) is 3.21. The van der Waals surface area contributed by atoms with E-state index in [-0.39, 0.29) is 12.0 Å². The molecule has 2 aromatic rings. The highest BCUT2D eigenvalue weighted by molar-refractivity contribution is 7.98. The smallest absolute Gasteiger partial charge is 0.319 e. The van der Waals surface area contributed by atoms with Gasteiger partial charge in [0.05, 0.1) is 6.04 Å². The lowest BCUT2D eigenvalue weighted by molar-refractivity contribution is -0.147. The van der Waals surface area contributed by atoms with Crippen molar-refractivity contribution in [3.8, 4) is 0 Å². The van der Waals surface area contributed by atoms with Crippen LogP contribution in [-0.4, -0.2) is 30.6 Å². The van der Waals surface area contributed by atoms with Crippen LogP contribution in [-0.2, 0) is 9.53 Å². The van der Waals surface area contributed by atoms with E-state index in [1.54, 1.807) is 11.8 Å². The van der Waals surface area contributed by atoms with Crippen molar-refractivity contribution in [2.45, 2.75) is 6.04 Å². The molecule has 1 aliphatic rings. The van der Waals surface area contributed by atoms with Gasteiger partial charge in [0.15, 0.2) is 0 Å². The summed E-state index contributed by atoms with van der Waals surface area (Å²) >= 11 is 1.61. The third kappa shape index (κ3) is 3.79. The Labute approximate surface area is 150 Å². The van der Waals surface area contributed by atoms with Crippen LogP contribution in [0.25, 0.3) is 10.8 Å². The lowest BCUT2D eigenvalue weighted by atomic mass is 9.88. The number of rotatable bonds is 5. The molecular weight excluding hydrogens is 336 g/mol. The van der Waals surface area contributed by atoms with Gasteiger partial charge in [-0.05, 0) is 28.7 Å². The predicted octanol–water partition coefficient (Wildman–Crippen LogP) is 3.23. The molecule has 1 saturated heterocycles. The number of hydrogen-bond acceptors (Lipinski definition) is 4. The standard InChI is InChI=1S/C19H20N2O3S/c1-12-16(18(22)24-9-10-25-2)17(21-19(23)20-12)15-8-7-13-5-3-4-6-14(13)11-15/h3-8,11,16-17H,1,9-10H2,2H3,(H2,20,21,23)/t16-,17+/m0/s1. The van der Waals surface area contributed by atoms with Gasteiger partial charge >= 0.3 is 12.0 Å². The molecule has 0 spiro atoms. The topological polar surface area (TPSA) is 67.4 Å². The molecule has 0 bridgehead atoms. The van der Waals surface area contributed by atoms with Crippen LogP contribution in [0.15, 0.2) is 54.7 Å². The zero-order chi connectivity index (χ0) is 17.8. The van der Waals surface area contributed by atoms with Crippen LogP contribution >= 0.6 is 11.8 Å². The number of urea groups is 1. The highest BCUT2D eigenvalue weighted by atomic mass is 32.2. The lowest BCUT2D eigenvalue weighted by Gasteiger charge is -2.33. The van der Waals surface area contributed by atoms with E-state index in [2.05, 4.69) is 17.2 Å². The van der Waals surface area contributed by atoms with Crippen molar-refractivity contribution in [2.24, 2.45) is 5.92 Å². The van der Waals surface area contributed by atoms with E-state index in [1.807, 2.05) is 48.7 Å². The van der Waals surface area contributed by atoms with Gasteiger partial charge in [0, 0.05) is 11.4 Å². The zero-order valence-corrected chi connectivity index (χ0v) is 14.8. The quantitative estimate of drug-likeness (QED) is 0.638. The largest absolute Gasteiger partial charge is 0.464 e. The van der Waals surface area contributed by atoms with Crippen molar-refractivity contribution in [2.75, 3.05) is 18.6 Å². The van der Waals surface area contributed by atoms with Crippen LogP contribution in [0, 0.1) is 5.92 Å². The molecule has 0 aliphatic carbocycles. The maximum Gasteiger partial charge on any atom is 0.319 e. The summed E-state index contributed by atoms with van der Waals surface area (Å²) in [7, 11) is 0. The van der Waals surface area contributed by atoms with Crippen molar-refractivity contribution >= 4 is 34.5 Å². The number of fused-ring (bicyclic) bond motifs is 1. The summed E-state index contributed by atoms with van der Waals surface area (Å²) in [5.74, 6) is -0.323. The zero-order valence-electron chi connectivity index (χ0n) is 14.0. The number of ether oxygens (including phenoxy) is 1. The molecule has 6 heteroatoms. The number of benzene rings is 2. The van der Waals surface area contributed by atoms with Crippen molar-refractivity contribution in [3.05, 3.63) is 60.3 Å². The Morgan fingerprint density at radius 1 is 1.24 bits per heavy atom. The van der Waals surface area contributed by atoms with Crippen molar-refractivity contribution in [1.82, 2.24) is 10.6 Å². The van der Waals surface area contributed by atoms with Gasteiger partial charge < -0.3 is 15.4 Å². The fraction of sp³-hybridized carbons (Fsp3) is 0.263. The number of nitrogens with one attached hydrogen (secondary N) is 2. The summed E-state index contributed by atoms with van der Waals surface area (Å²) in [6.45, 7) is 4.19. The van der Waals surface area contributed by atoms with Gasteiger partial charge in [-0.1, -0.05) is 43.0 Å². The maximum absolute atomic E-state index is 12.6. The third-order valence-corrected chi connectivity index (χ3v) is 4.76. The second-order valence-corrected chi connectivity index (χ2v) is 6.83. The minimum atomic E-state index is -0.666. The molecule has 1 heterocycles. The second-order valence-electron chi connectivity index (χ2n) is 5.85. The number of hydrogen-bond donors (Lipinski definition) is 2. The molecule has 2 N–H and O–H groups in total. The van der Waals surface area contributed by atoms with E-state index >= 15 is 0 Å². The Kier molecular flexibility index (Phi) is 5.28. The highest BCUT2D eigenvalue weighted by Gasteiger charge is 2.38. The molecule has 130 valence electrons. The maximum atomic E-state index is 12.6. The monoisotopic (exact) mass is 356 g/mol. The lowest BCUT2D eigenvalue weighted by Crippen LogP contribution is -2.51. The van der Waals surface area contributed by atoms with Crippen LogP contribution in [0.4, 0.5) is 4.79 Å². The first-order chi connectivity index (χ1) is 12.1. The van der Waals surface area contributed by atoms with Crippen LogP contribution in [0.3, 0.4) is 0 Å². The van der Waals surface area contributed by atoms with Crippen LogP contribution in [0.2, 0.25) is 0 Å². The number of carbonyl (C=O) groups excluding carboxylic acids is 2. The molecule has 3 rings (SSSR count). The third-order valence-electron chi connectivity index (χ3n) is 4.19. The molecule has 2 amide bonds. The minimum Gasteiger partial charge on any atom is -0.464 e. The molecule has 1 fully saturated rings. The molecular formula is C19H20N2O3S. The summed E-state index contributed by atoms with van der Waals surface area (Å²) in [6, 6.07) is 13.0. The van der Waals surface area contributed by atoms with Crippen molar-refractivity contribution < 1.29 is 14.3 Å². The Hall–Kier alpha value is -2.47. The van der Waals surface area contributed by atoms with E-state index in [0.29, 0.717) is 12.3 Å². The summed E-state index contributed by atoms with van der Waals surface area (Å²) in [4.78, 5) is 24.5. The molecule has 0 aromatic heterocycles. The summed E-state index contributed by atoms with van der Waals surface area (Å²) in [5, 5.41) is 7.57. The Balaban J connectivity index is 1.91. The Bertz CT molecular complexity index is 821. The van der Waals surface area contributed by atoms with Crippen molar-refractivity contribution in [1.29, 1.82) is 0 Å². The van der Waals surface area contributed by atoms with Gasteiger partial charge in [0.25, 0.3) is 0 Å². The van der Waals surface area contributed by atoms with Gasteiger partial charge in [-0.2, -0.15) is 11.8 Å². The minimum absolute atomic E-state index is 0.335. The molecule has 1 aliphatic heterocycles. The van der Waals surface area contributed by atoms with Crippen LogP contribution in [0.5, 0.6) is 0 Å². The van der Waals surface area contributed by atoms with Gasteiger partial charge in [-0.15, -0.1) is 0 Å². The molecule has 5 nitrogen and oxygen atoms in total. The first-order valence-corrected chi connectivity index (χ1v) is 9.40. The number of thioether (sulfide) groups is 1. The highest BCUT2D eigenvalue weighted by Crippen LogP contribution is 2.32. The second kappa shape index (κ2) is 7.61. The molecule has 0 unspecified atom stereocenters. The molecule has 2 atom stereocenters. The van der Waals surface area contributed by atoms with Gasteiger partial charge in [0.1, 0.15) is 12.5 Å². The first kappa shape index (κ1) is 17.4. The van der Waals surface area contributed by atoms with Crippen LogP contribution in [0.1, 0.15) is 11.6 Å². The van der Waals surface area contributed by atoms with Gasteiger partial charge in [0.2, 0.25) is 0 Å². The summed E-state index contributed by atoms with van der Waals surface area (Å²) in [5.41, 5.74) is 1.21. The van der Waals surface area contributed by atoms with Crippen LogP contribution < -0.4 is 10.6 Å². The van der Waals surface area contributed by atoms with E-state index in [9.17, 15) is 9.59 Å². The fourth-order valence-electron chi connectivity index (χ4n) is 2.96. The number of amides is 2. The van der Waals surface area contributed by atoms with E-state index in [1.165, 1.54) is 0 Å². The van der Waals surface area contributed by atoms with E-state index in [4.69, 9.17) is 4.74 Å². The Morgan fingerprint density at radius 3 is 2.76 bits per heavy atom.